The number of esters is 1. The summed E-state index contributed by atoms with van der Waals surface area (Å²) in [6, 6.07) is 0. The van der Waals surface area contributed by atoms with E-state index in [2.05, 4.69) is 31.4 Å². The molecule has 1 aliphatic rings. The van der Waals surface area contributed by atoms with Crippen LogP contribution in [0.15, 0.2) is 0 Å². The summed E-state index contributed by atoms with van der Waals surface area (Å²) in [7, 11) is 1.44. The molecule has 1 aliphatic carbocycles. The van der Waals surface area contributed by atoms with Gasteiger partial charge in [-0.15, -0.1) is 11.3 Å². The highest BCUT2D eigenvalue weighted by Crippen LogP contribution is 2.37. The summed E-state index contributed by atoms with van der Waals surface area (Å²) >= 11 is 7.04. The van der Waals surface area contributed by atoms with Crippen LogP contribution in [0.4, 0.5) is 5.00 Å². The van der Waals surface area contributed by atoms with E-state index in [0.29, 0.717) is 10.7 Å². The molecule has 0 atom stereocenters. The van der Waals surface area contributed by atoms with Gasteiger partial charge in [-0.2, -0.15) is 0 Å². The Morgan fingerprint density at radius 3 is 2.43 bits per heavy atom. The molecule has 0 fully saturated rings. The molecule has 0 aliphatic heterocycles. The van der Waals surface area contributed by atoms with Crippen molar-refractivity contribution in [3.63, 3.8) is 0 Å². The second-order valence-electron chi connectivity index (χ2n) is 6.94. The van der Waals surface area contributed by atoms with Crippen LogP contribution in [0.25, 0.3) is 0 Å². The summed E-state index contributed by atoms with van der Waals surface area (Å²) in [4.78, 5) is 13.6. The van der Waals surface area contributed by atoms with Crippen molar-refractivity contribution in [2.45, 2.75) is 64.8 Å². The van der Waals surface area contributed by atoms with Gasteiger partial charge in [0.25, 0.3) is 0 Å². The first kappa shape index (κ1) is 18.2. The van der Waals surface area contributed by atoms with Gasteiger partial charge in [0, 0.05) is 10.4 Å². The number of thiocarbonyl (C=S) groups is 1. The lowest BCUT2D eigenvalue weighted by atomic mass is 9.96. The Balaban J connectivity index is 2.32. The highest BCUT2D eigenvalue weighted by atomic mass is 32.1. The zero-order valence-corrected chi connectivity index (χ0v) is 16.0. The Hall–Kier alpha value is -1.14. The largest absolute Gasteiger partial charge is 0.465 e. The lowest BCUT2D eigenvalue weighted by Crippen LogP contribution is -2.43. The highest BCUT2D eigenvalue weighted by Gasteiger charge is 2.25. The average Bonchev–Trinajstić information content (AvgIpc) is 2.72. The van der Waals surface area contributed by atoms with Crippen LogP contribution in [-0.2, 0) is 17.6 Å². The maximum atomic E-state index is 12.3. The van der Waals surface area contributed by atoms with Crippen LogP contribution < -0.4 is 10.6 Å². The summed E-state index contributed by atoms with van der Waals surface area (Å²) in [5, 5.41) is 7.80. The summed E-state index contributed by atoms with van der Waals surface area (Å²) < 4.78 is 5.02. The fourth-order valence-corrected chi connectivity index (χ4v) is 4.56. The first-order valence-corrected chi connectivity index (χ1v) is 9.36. The predicted molar refractivity (Wildman–Crippen MR) is 101 cm³/mol. The number of thiophene rings is 1. The number of nitrogens with one attached hydrogen (secondary N) is 2. The molecular formula is C17H26N2O2S2. The SMILES string of the molecule is COC(=O)c1c(NC(=S)NC(C)(C)C)sc2c1CCCCCC2. The Morgan fingerprint density at radius 1 is 1.17 bits per heavy atom. The van der Waals surface area contributed by atoms with E-state index in [1.165, 1.54) is 31.2 Å². The van der Waals surface area contributed by atoms with Gasteiger partial charge in [-0.25, -0.2) is 4.79 Å². The molecule has 1 aromatic heterocycles. The molecule has 0 saturated carbocycles. The molecule has 2 N–H and O–H groups in total. The van der Waals surface area contributed by atoms with Crippen molar-refractivity contribution in [2.24, 2.45) is 0 Å². The summed E-state index contributed by atoms with van der Waals surface area (Å²) in [6.45, 7) is 6.15. The van der Waals surface area contributed by atoms with E-state index in [-0.39, 0.29) is 11.5 Å². The van der Waals surface area contributed by atoms with E-state index in [0.717, 1.165) is 29.8 Å². The fourth-order valence-electron chi connectivity index (χ4n) is 2.80. The lowest BCUT2D eigenvalue weighted by molar-refractivity contribution is 0.0601. The fraction of sp³-hybridized carbons (Fsp3) is 0.647. The smallest absolute Gasteiger partial charge is 0.341 e. The van der Waals surface area contributed by atoms with Crippen LogP contribution >= 0.6 is 23.6 Å². The number of carbonyl (C=O) groups excluding carboxylic acids is 1. The monoisotopic (exact) mass is 354 g/mol. The zero-order chi connectivity index (χ0) is 17.0. The van der Waals surface area contributed by atoms with E-state index >= 15 is 0 Å². The molecule has 0 spiro atoms. The molecule has 0 unspecified atom stereocenters. The van der Waals surface area contributed by atoms with E-state index in [1.807, 2.05) is 0 Å². The second kappa shape index (κ2) is 7.62. The van der Waals surface area contributed by atoms with E-state index in [1.54, 1.807) is 11.3 Å². The molecule has 1 heterocycles. The van der Waals surface area contributed by atoms with Gasteiger partial charge in [0.2, 0.25) is 0 Å². The Labute approximate surface area is 148 Å². The average molecular weight is 355 g/mol. The number of carbonyl (C=O) groups is 1. The normalized spacial score (nSPS) is 15.1. The molecule has 6 heteroatoms. The highest BCUT2D eigenvalue weighted by molar-refractivity contribution is 7.80. The van der Waals surface area contributed by atoms with Crippen LogP contribution in [0, 0.1) is 0 Å². The van der Waals surface area contributed by atoms with Crippen LogP contribution in [0.2, 0.25) is 0 Å². The van der Waals surface area contributed by atoms with Gasteiger partial charge in [-0.05, 0) is 64.2 Å². The third kappa shape index (κ3) is 4.91. The second-order valence-corrected chi connectivity index (χ2v) is 8.46. The van der Waals surface area contributed by atoms with Gasteiger partial charge in [0.15, 0.2) is 5.11 Å². The number of methoxy groups -OCH3 is 1. The molecule has 1 aromatic rings. The van der Waals surface area contributed by atoms with Crippen molar-refractivity contribution in [2.75, 3.05) is 12.4 Å². The number of hydrogen-bond acceptors (Lipinski definition) is 4. The molecule has 0 aromatic carbocycles. The Bertz CT molecular complexity index is 588. The molecule has 0 radical (unpaired) electrons. The summed E-state index contributed by atoms with van der Waals surface area (Å²) in [5.74, 6) is -0.274. The van der Waals surface area contributed by atoms with E-state index in [4.69, 9.17) is 17.0 Å². The van der Waals surface area contributed by atoms with Gasteiger partial charge >= 0.3 is 5.97 Å². The minimum absolute atomic E-state index is 0.124. The van der Waals surface area contributed by atoms with Crippen LogP contribution in [0.5, 0.6) is 0 Å². The van der Waals surface area contributed by atoms with Crippen molar-refractivity contribution in [3.8, 4) is 0 Å². The third-order valence-electron chi connectivity index (χ3n) is 3.78. The predicted octanol–water partition coefficient (Wildman–Crippen LogP) is 4.28. The van der Waals surface area contributed by atoms with Crippen molar-refractivity contribution in [3.05, 3.63) is 16.0 Å². The standard InChI is InChI=1S/C17H26N2O2S2/c1-17(2,3)19-16(22)18-14-13(15(20)21-4)11-9-7-5-6-8-10-12(11)23-14/h5-10H2,1-4H3,(H2,18,19,22). The van der Waals surface area contributed by atoms with E-state index in [9.17, 15) is 4.79 Å². The quantitative estimate of drug-likeness (QED) is 0.613. The van der Waals surface area contributed by atoms with Crippen molar-refractivity contribution >= 4 is 39.6 Å². The first-order valence-electron chi connectivity index (χ1n) is 8.14. The van der Waals surface area contributed by atoms with Crippen molar-refractivity contribution in [1.82, 2.24) is 5.32 Å². The van der Waals surface area contributed by atoms with Gasteiger partial charge in [-0.1, -0.05) is 12.8 Å². The molecule has 23 heavy (non-hydrogen) atoms. The van der Waals surface area contributed by atoms with Gasteiger partial charge in [0.1, 0.15) is 5.00 Å². The number of anilines is 1. The van der Waals surface area contributed by atoms with Crippen LogP contribution in [-0.4, -0.2) is 23.7 Å². The van der Waals surface area contributed by atoms with Crippen molar-refractivity contribution < 1.29 is 9.53 Å². The Kier molecular flexibility index (Phi) is 6.03. The molecule has 2 rings (SSSR count). The minimum Gasteiger partial charge on any atom is -0.465 e. The molecular weight excluding hydrogens is 328 g/mol. The molecule has 0 saturated heterocycles. The molecule has 0 bridgehead atoms. The maximum absolute atomic E-state index is 12.3. The summed E-state index contributed by atoms with van der Waals surface area (Å²) in [6.07, 6.45) is 6.76. The molecule has 4 nitrogen and oxygen atoms in total. The van der Waals surface area contributed by atoms with Crippen molar-refractivity contribution in [1.29, 1.82) is 0 Å². The van der Waals surface area contributed by atoms with Crippen LogP contribution in [0.3, 0.4) is 0 Å². The number of fused-ring (bicyclic) bond motifs is 1. The summed E-state index contributed by atoms with van der Waals surface area (Å²) in [5.41, 5.74) is 1.71. The lowest BCUT2D eigenvalue weighted by Gasteiger charge is -2.22. The number of hydrogen-bond donors (Lipinski definition) is 2. The molecule has 0 amide bonds. The number of aryl methyl sites for hydroxylation is 1. The van der Waals surface area contributed by atoms with Crippen LogP contribution in [0.1, 0.15) is 67.3 Å². The number of ether oxygens (including phenoxy) is 1. The third-order valence-corrected chi connectivity index (χ3v) is 5.19. The molecule has 128 valence electrons. The van der Waals surface area contributed by atoms with Gasteiger partial charge in [-0.3, -0.25) is 0 Å². The van der Waals surface area contributed by atoms with Gasteiger partial charge in [0.05, 0.1) is 12.7 Å². The zero-order valence-electron chi connectivity index (χ0n) is 14.4. The number of rotatable bonds is 2. The van der Waals surface area contributed by atoms with E-state index < -0.39 is 0 Å². The maximum Gasteiger partial charge on any atom is 0.341 e. The van der Waals surface area contributed by atoms with Gasteiger partial charge < -0.3 is 15.4 Å². The minimum atomic E-state index is -0.274. The Morgan fingerprint density at radius 2 is 1.83 bits per heavy atom. The topological polar surface area (TPSA) is 50.4 Å². The first-order chi connectivity index (χ1) is 10.8.